The third-order valence-corrected chi connectivity index (χ3v) is 3.41. The predicted molar refractivity (Wildman–Crippen MR) is 68.6 cm³/mol. The summed E-state index contributed by atoms with van der Waals surface area (Å²) in [5.41, 5.74) is 0.432. The molecule has 1 heterocycles. The minimum atomic E-state index is 0.286. The van der Waals surface area contributed by atoms with Gasteiger partial charge in [0, 0.05) is 32.2 Å². The first-order chi connectivity index (χ1) is 7.42. The summed E-state index contributed by atoms with van der Waals surface area (Å²) in [7, 11) is 0. The van der Waals surface area contributed by atoms with E-state index in [4.69, 9.17) is 5.11 Å². The highest BCUT2D eigenvalue weighted by atomic mass is 16.3. The standard InChI is InChI=1S/C13H28N2O/c1-12-11-14(9-10-16)7-8-15(12)6-5-13(2,3)4/h12,16H,5-11H2,1-4H3/t12-/m0/s1. The van der Waals surface area contributed by atoms with E-state index in [1.165, 1.54) is 13.0 Å². The molecule has 1 N–H and O–H groups in total. The summed E-state index contributed by atoms with van der Waals surface area (Å²) in [5.74, 6) is 0. The van der Waals surface area contributed by atoms with Gasteiger partial charge in [-0.15, -0.1) is 0 Å². The molecule has 3 nitrogen and oxygen atoms in total. The van der Waals surface area contributed by atoms with Gasteiger partial charge in [-0.2, -0.15) is 0 Å². The number of piperazine rings is 1. The summed E-state index contributed by atoms with van der Waals surface area (Å²) in [6.45, 7) is 14.9. The molecular formula is C13H28N2O. The number of rotatable bonds is 4. The van der Waals surface area contributed by atoms with Crippen molar-refractivity contribution in [2.45, 2.75) is 40.2 Å². The highest BCUT2D eigenvalue weighted by molar-refractivity contribution is 4.80. The van der Waals surface area contributed by atoms with Crippen molar-refractivity contribution in [1.29, 1.82) is 0 Å². The van der Waals surface area contributed by atoms with Gasteiger partial charge in [0.2, 0.25) is 0 Å². The normalized spacial score (nSPS) is 24.9. The highest BCUT2D eigenvalue weighted by Gasteiger charge is 2.24. The van der Waals surface area contributed by atoms with Gasteiger partial charge in [0.05, 0.1) is 6.61 Å². The van der Waals surface area contributed by atoms with E-state index in [9.17, 15) is 0 Å². The molecule has 0 unspecified atom stereocenters. The topological polar surface area (TPSA) is 26.7 Å². The van der Waals surface area contributed by atoms with Gasteiger partial charge >= 0.3 is 0 Å². The van der Waals surface area contributed by atoms with Crippen LogP contribution in [0.15, 0.2) is 0 Å². The molecule has 0 aromatic rings. The lowest BCUT2D eigenvalue weighted by Crippen LogP contribution is -2.52. The molecule has 1 fully saturated rings. The summed E-state index contributed by atoms with van der Waals surface area (Å²) in [6.07, 6.45) is 1.26. The fourth-order valence-corrected chi connectivity index (χ4v) is 2.23. The molecule has 0 aromatic heterocycles. The smallest absolute Gasteiger partial charge is 0.0558 e. The zero-order chi connectivity index (χ0) is 12.2. The summed E-state index contributed by atoms with van der Waals surface area (Å²) in [6, 6.07) is 0.627. The maximum atomic E-state index is 8.93. The van der Waals surface area contributed by atoms with Crippen LogP contribution in [0.2, 0.25) is 0 Å². The van der Waals surface area contributed by atoms with Gasteiger partial charge in [-0.25, -0.2) is 0 Å². The predicted octanol–water partition coefficient (Wildman–Crippen LogP) is 1.42. The fraction of sp³-hybridized carbons (Fsp3) is 1.00. The summed E-state index contributed by atoms with van der Waals surface area (Å²) >= 11 is 0. The van der Waals surface area contributed by atoms with Crippen molar-refractivity contribution in [1.82, 2.24) is 9.80 Å². The molecule has 0 bridgehead atoms. The molecule has 0 spiro atoms. The summed E-state index contributed by atoms with van der Waals surface area (Å²) in [5, 5.41) is 8.93. The van der Waals surface area contributed by atoms with Gasteiger partial charge in [0.1, 0.15) is 0 Å². The fourth-order valence-electron chi connectivity index (χ4n) is 2.23. The Hall–Kier alpha value is -0.120. The lowest BCUT2D eigenvalue weighted by Gasteiger charge is -2.40. The first-order valence-corrected chi connectivity index (χ1v) is 6.49. The first-order valence-electron chi connectivity index (χ1n) is 6.49. The van der Waals surface area contributed by atoms with Crippen LogP contribution in [0.4, 0.5) is 0 Å². The molecule has 0 saturated carbocycles. The molecule has 0 aliphatic carbocycles. The van der Waals surface area contributed by atoms with Crippen molar-refractivity contribution in [2.24, 2.45) is 5.41 Å². The molecule has 1 saturated heterocycles. The Labute approximate surface area is 100 Å². The second kappa shape index (κ2) is 5.99. The highest BCUT2D eigenvalue weighted by Crippen LogP contribution is 2.20. The molecule has 1 aliphatic heterocycles. The van der Waals surface area contributed by atoms with E-state index < -0.39 is 0 Å². The van der Waals surface area contributed by atoms with Crippen molar-refractivity contribution in [2.75, 3.05) is 39.3 Å². The largest absolute Gasteiger partial charge is 0.395 e. The van der Waals surface area contributed by atoms with Crippen LogP contribution in [0.1, 0.15) is 34.1 Å². The molecule has 0 amide bonds. The van der Waals surface area contributed by atoms with Gasteiger partial charge in [0.15, 0.2) is 0 Å². The van der Waals surface area contributed by atoms with Crippen LogP contribution in [0, 0.1) is 5.41 Å². The zero-order valence-electron chi connectivity index (χ0n) is 11.4. The number of nitrogens with zero attached hydrogens (tertiary/aromatic N) is 2. The van der Waals surface area contributed by atoms with E-state index in [1.54, 1.807) is 0 Å². The minimum Gasteiger partial charge on any atom is -0.395 e. The quantitative estimate of drug-likeness (QED) is 0.788. The van der Waals surface area contributed by atoms with Gasteiger partial charge in [-0.05, 0) is 25.3 Å². The minimum absolute atomic E-state index is 0.286. The number of hydrogen-bond acceptors (Lipinski definition) is 3. The number of aliphatic hydroxyl groups excluding tert-OH is 1. The van der Waals surface area contributed by atoms with Crippen molar-refractivity contribution in [3.8, 4) is 0 Å². The summed E-state index contributed by atoms with van der Waals surface area (Å²) < 4.78 is 0. The van der Waals surface area contributed by atoms with Crippen molar-refractivity contribution in [3.05, 3.63) is 0 Å². The van der Waals surface area contributed by atoms with Crippen LogP contribution < -0.4 is 0 Å². The zero-order valence-corrected chi connectivity index (χ0v) is 11.4. The number of hydrogen-bond donors (Lipinski definition) is 1. The molecule has 0 radical (unpaired) electrons. The van der Waals surface area contributed by atoms with E-state index in [0.29, 0.717) is 11.5 Å². The third kappa shape index (κ3) is 4.81. The van der Waals surface area contributed by atoms with Crippen molar-refractivity contribution < 1.29 is 5.11 Å². The Bertz CT molecular complexity index is 201. The van der Waals surface area contributed by atoms with Crippen LogP contribution in [-0.2, 0) is 0 Å². The van der Waals surface area contributed by atoms with Crippen LogP contribution in [0.25, 0.3) is 0 Å². The molecule has 96 valence electrons. The Balaban J connectivity index is 2.30. The van der Waals surface area contributed by atoms with E-state index in [-0.39, 0.29) is 6.61 Å². The Morgan fingerprint density at radius 3 is 2.38 bits per heavy atom. The first kappa shape index (κ1) is 13.9. The molecule has 0 aromatic carbocycles. The van der Waals surface area contributed by atoms with Crippen LogP contribution >= 0.6 is 0 Å². The van der Waals surface area contributed by atoms with Gasteiger partial charge in [0.25, 0.3) is 0 Å². The average Bonchev–Trinajstić information content (AvgIpc) is 2.15. The SMILES string of the molecule is C[C@H]1CN(CCO)CCN1CCC(C)(C)C. The van der Waals surface area contributed by atoms with E-state index in [1.807, 2.05) is 0 Å². The Morgan fingerprint density at radius 1 is 1.19 bits per heavy atom. The maximum absolute atomic E-state index is 8.93. The van der Waals surface area contributed by atoms with E-state index in [2.05, 4.69) is 37.5 Å². The molecule has 1 rings (SSSR count). The number of aliphatic hydroxyl groups is 1. The lowest BCUT2D eigenvalue weighted by molar-refractivity contribution is 0.0642. The molecule has 1 atom stereocenters. The van der Waals surface area contributed by atoms with Crippen molar-refractivity contribution >= 4 is 0 Å². The molecular weight excluding hydrogens is 200 g/mol. The van der Waals surface area contributed by atoms with E-state index >= 15 is 0 Å². The summed E-state index contributed by atoms with van der Waals surface area (Å²) in [4.78, 5) is 4.94. The van der Waals surface area contributed by atoms with Gasteiger partial charge in [-0.3, -0.25) is 9.80 Å². The lowest BCUT2D eigenvalue weighted by atomic mass is 9.92. The maximum Gasteiger partial charge on any atom is 0.0558 e. The Kier molecular flexibility index (Phi) is 5.22. The van der Waals surface area contributed by atoms with Crippen molar-refractivity contribution in [3.63, 3.8) is 0 Å². The van der Waals surface area contributed by atoms with Crippen LogP contribution in [0.3, 0.4) is 0 Å². The second-order valence-corrected chi connectivity index (χ2v) is 6.22. The second-order valence-electron chi connectivity index (χ2n) is 6.22. The van der Waals surface area contributed by atoms with E-state index in [0.717, 1.165) is 26.2 Å². The molecule has 1 aliphatic rings. The Morgan fingerprint density at radius 2 is 1.88 bits per heavy atom. The monoisotopic (exact) mass is 228 g/mol. The van der Waals surface area contributed by atoms with Crippen LogP contribution in [-0.4, -0.2) is 60.3 Å². The number of β-amino-alcohol motifs (C(OH)–C–C–N with tert-alkyl or cyclic N) is 1. The average molecular weight is 228 g/mol. The molecule has 3 heteroatoms. The molecule has 16 heavy (non-hydrogen) atoms. The van der Waals surface area contributed by atoms with Gasteiger partial charge < -0.3 is 5.11 Å². The third-order valence-electron chi connectivity index (χ3n) is 3.41. The van der Waals surface area contributed by atoms with Crippen LogP contribution in [0.5, 0.6) is 0 Å². The van der Waals surface area contributed by atoms with Gasteiger partial charge in [-0.1, -0.05) is 20.8 Å².